The van der Waals surface area contributed by atoms with Crippen LogP contribution in [0.15, 0.2) is 24.3 Å². The number of para-hydroxylation sites is 1. The first-order valence-electron chi connectivity index (χ1n) is 7.50. The van der Waals surface area contributed by atoms with E-state index in [1.807, 2.05) is 39.0 Å². The van der Waals surface area contributed by atoms with E-state index in [9.17, 15) is 4.79 Å². The van der Waals surface area contributed by atoms with Gasteiger partial charge >= 0.3 is 6.09 Å². The van der Waals surface area contributed by atoms with Gasteiger partial charge in [-0.2, -0.15) is 0 Å². The molecule has 1 aromatic rings. The summed E-state index contributed by atoms with van der Waals surface area (Å²) in [6.45, 7) is 7.09. The molecule has 22 heavy (non-hydrogen) atoms. The predicted molar refractivity (Wildman–Crippen MR) is 83.0 cm³/mol. The van der Waals surface area contributed by atoms with Crippen LogP contribution in [0.1, 0.15) is 32.8 Å². The van der Waals surface area contributed by atoms with Crippen molar-refractivity contribution in [3.8, 4) is 11.5 Å². The zero-order valence-corrected chi connectivity index (χ0v) is 13.2. The fourth-order valence-corrected chi connectivity index (χ4v) is 2.59. The molecule has 0 spiro atoms. The van der Waals surface area contributed by atoms with Crippen LogP contribution < -0.4 is 9.47 Å². The van der Waals surface area contributed by atoms with E-state index in [0.29, 0.717) is 13.1 Å². The average Bonchev–Trinajstić information content (AvgIpc) is 2.94. The topological polar surface area (TPSA) is 48.0 Å². The third-order valence-electron chi connectivity index (χ3n) is 3.60. The van der Waals surface area contributed by atoms with Crippen LogP contribution in [0.5, 0.6) is 11.5 Å². The maximum atomic E-state index is 12.1. The quantitative estimate of drug-likeness (QED) is 0.797. The highest BCUT2D eigenvalue weighted by Gasteiger charge is 2.26. The molecule has 0 fully saturated rings. The molecule has 5 nitrogen and oxygen atoms in total. The molecule has 1 aromatic carbocycles. The summed E-state index contributed by atoms with van der Waals surface area (Å²) in [5, 5.41) is 0. The third kappa shape index (κ3) is 3.03. The summed E-state index contributed by atoms with van der Waals surface area (Å²) < 4.78 is 16.4. The van der Waals surface area contributed by atoms with Crippen LogP contribution >= 0.6 is 0 Å². The second kappa shape index (κ2) is 5.55. The van der Waals surface area contributed by atoms with Gasteiger partial charge in [0.25, 0.3) is 0 Å². The third-order valence-corrected chi connectivity index (χ3v) is 3.60. The summed E-state index contributed by atoms with van der Waals surface area (Å²) in [4.78, 5) is 13.8. The molecule has 0 bridgehead atoms. The smallest absolute Gasteiger partial charge is 0.410 e. The first kappa shape index (κ1) is 14.8. The van der Waals surface area contributed by atoms with E-state index in [1.165, 1.54) is 5.57 Å². The van der Waals surface area contributed by atoms with Crippen molar-refractivity contribution in [2.45, 2.75) is 32.8 Å². The fourth-order valence-electron chi connectivity index (χ4n) is 2.59. The molecule has 2 aliphatic heterocycles. The van der Waals surface area contributed by atoms with Crippen LogP contribution in [0.2, 0.25) is 0 Å². The number of hydrogen-bond donors (Lipinski definition) is 0. The van der Waals surface area contributed by atoms with Crippen molar-refractivity contribution in [3.63, 3.8) is 0 Å². The van der Waals surface area contributed by atoms with Crippen molar-refractivity contribution in [2.75, 3.05) is 19.9 Å². The van der Waals surface area contributed by atoms with Crippen LogP contribution in [0.3, 0.4) is 0 Å². The van der Waals surface area contributed by atoms with Crippen molar-refractivity contribution >= 4 is 11.7 Å². The summed E-state index contributed by atoms with van der Waals surface area (Å²) in [5.41, 5.74) is 1.77. The monoisotopic (exact) mass is 303 g/mol. The Morgan fingerprint density at radius 1 is 1.27 bits per heavy atom. The summed E-state index contributed by atoms with van der Waals surface area (Å²) in [7, 11) is 0. The van der Waals surface area contributed by atoms with E-state index in [1.54, 1.807) is 4.90 Å². The molecule has 0 atom stereocenters. The Bertz CT molecular complexity index is 616. The first-order valence-corrected chi connectivity index (χ1v) is 7.50. The van der Waals surface area contributed by atoms with Crippen molar-refractivity contribution < 1.29 is 19.0 Å². The SMILES string of the molecule is CC(C)(C)OC(=O)N1CC=C(c2cccc3c2OCO3)CC1. The number of carbonyl (C=O) groups is 1. The van der Waals surface area contributed by atoms with Gasteiger partial charge in [-0.15, -0.1) is 0 Å². The van der Waals surface area contributed by atoms with Gasteiger partial charge in [0.1, 0.15) is 5.60 Å². The molecule has 0 unspecified atom stereocenters. The molecule has 2 heterocycles. The standard InChI is InChI=1S/C17H21NO4/c1-17(2,3)22-16(19)18-9-7-12(8-10-18)13-5-4-6-14-15(13)21-11-20-14/h4-7H,8-11H2,1-3H3. The fraction of sp³-hybridized carbons (Fsp3) is 0.471. The lowest BCUT2D eigenvalue weighted by Crippen LogP contribution is -2.39. The molecular formula is C17H21NO4. The van der Waals surface area contributed by atoms with E-state index >= 15 is 0 Å². The van der Waals surface area contributed by atoms with Gasteiger partial charge in [-0.25, -0.2) is 4.79 Å². The number of amides is 1. The van der Waals surface area contributed by atoms with E-state index < -0.39 is 5.60 Å². The maximum absolute atomic E-state index is 12.1. The normalized spacial score (nSPS) is 17.2. The Morgan fingerprint density at radius 3 is 2.77 bits per heavy atom. The van der Waals surface area contributed by atoms with Crippen molar-refractivity contribution in [1.29, 1.82) is 0 Å². The van der Waals surface area contributed by atoms with Gasteiger partial charge in [-0.05, 0) is 38.8 Å². The minimum Gasteiger partial charge on any atom is -0.454 e. The Labute approximate surface area is 130 Å². The molecule has 0 radical (unpaired) electrons. The molecular weight excluding hydrogens is 282 g/mol. The van der Waals surface area contributed by atoms with E-state index in [2.05, 4.69) is 6.08 Å². The van der Waals surface area contributed by atoms with Crippen LogP contribution in [0.4, 0.5) is 4.79 Å². The number of ether oxygens (including phenoxy) is 3. The van der Waals surface area contributed by atoms with E-state index in [0.717, 1.165) is 23.5 Å². The van der Waals surface area contributed by atoms with Gasteiger partial charge in [-0.1, -0.05) is 18.2 Å². The summed E-state index contributed by atoms with van der Waals surface area (Å²) >= 11 is 0. The van der Waals surface area contributed by atoms with Gasteiger partial charge in [-0.3, -0.25) is 0 Å². The molecule has 2 aliphatic rings. The average molecular weight is 303 g/mol. The van der Waals surface area contributed by atoms with Crippen molar-refractivity contribution in [3.05, 3.63) is 29.8 Å². The highest BCUT2D eigenvalue weighted by Crippen LogP contribution is 2.40. The lowest BCUT2D eigenvalue weighted by atomic mass is 9.98. The Morgan fingerprint density at radius 2 is 2.09 bits per heavy atom. The molecule has 0 aromatic heterocycles. The van der Waals surface area contributed by atoms with Crippen LogP contribution in [0, 0.1) is 0 Å². The summed E-state index contributed by atoms with van der Waals surface area (Å²) in [6, 6.07) is 5.90. The minimum absolute atomic E-state index is 0.263. The second-order valence-corrected chi connectivity index (χ2v) is 6.45. The molecule has 0 saturated heterocycles. The highest BCUT2D eigenvalue weighted by molar-refractivity contribution is 5.76. The van der Waals surface area contributed by atoms with Crippen molar-refractivity contribution in [1.82, 2.24) is 4.90 Å². The van der Waals surface area contributed by atoms with Gasteiger partial charge in [0.05, 0.1) is 0 Å². The molecule has 0 saturated carbocycles. The summed E-state index contributed by atoms with van der Waals surface area (Å²) in [6.07, 6.45) is 2.57. The molecule has 3 rings (SSSR count). The van der Waals surface area contributed by atoms with Gasteiger partial charge in [0.15, 0.2) is 11.5 Å². The van der Waals surface area contributed by atoms with Crippen LogP contribution in [0.25, 0.3) is 5.57 Å². The van der Waals surface area contributed by atoms with E-state index in [4.69, 9.17) is 14.2 Å². The molecule has 0 aliphatic carbocycles. The largest absolute Gasteiger partial charge is 0.454 e. The molecule has 5 heteroatoms. The lowest BCUT2D eigenvalue weighted by molar-refractivity contribution is 0.0270. The number of hydrogen-bond acceptors (Lipinski definition) is 4. The number of carbonyl (C=O) groups excluding carboxylic acids is 1. The minimum atomic E-state index is -0.466. The first-order chi connectivity index (χ1) is 10.4. The molecule has 1 amide bonds. The number of nitrogens with zero attached hydrogens (tertiary/aromatic N) is 1. The summed E-state index contributed by atoms with van der Waals surface area (Å²) in [5.74, 6) is 1.59. The number of benzene rings is 1. The van der Waals surface area contributed by atoms with Gasteiger partial charge in [0.2, 0.25) is 6.79 Å². The Balaban J connectivity index is 1.72. The predicted octanol–water partition coefficient (Wildman–Crippen LogP) is 3.44. The zero-order valence-electron chi connectivity index (χ0n) is 13.2. The zero-order chi connectivity index (χ0) is 15.7. The van der Waals surface area contributed by atoms with Crippen LogP contribution in [-0.4, -0.2) is 36.5 Å². The van der Waals surface area contributed by atoms with Gasteiger partial charge < -0.3 is 19.1 Å². The number of rotatable bonds is 1. The molecule has 0 N–H and O–H groups in total. The van der Waals surface area contributed by atoms with Crippen molar-refractivity contribution in [2.24, 2.45) is 0 Å². The Kier molecular flexibility index (Phi) is 3.72. The van der Waals surface area contributed by atoms with Gasteiger partial charge in [0, 0.05) is 18.7 Å². The van der Waals surface area contributed by atoms with Crippen LogP contribution in [-0.2, 0) is 4.74 Å². The number of fused-ring (bicyclic) bond motifs is 1. The van der Waals surface area contributed by atoms with E-state index in [-0.39, 0.29) is 12.9 Å². The second-order valence-electron chi connectivity index (χ2n) is 6.45. The lowest BCUT2D eigenvalue weighted by Gasteiger charge is -2.29. The highest BCUT2D eigenvalue weighted by atomic mass is 16.7. The molecule has 118 valence electrons. The Hall–Kier alpha value is -2.17. The maximum Gasteiger partial charge on any atom is 0.410 e.